The fourth-order valence-electron chi connectivity index (χ4n) is 4.59. The molecule has 1 N–H and O–H groups in total. The number of rotatable bonds is 3. The molecule has 0 saturated heterocycles. The molecular formula is C24H23N3O5. The maximum absolute atomic E-state index is 13.3. The summed E-state index contributed by atoms with van der Waals surface area (Å²) in [5, 5.41) is 10.5. The lowest BCUT2D eigenvalue weighted by Gasteiger charge is -2.28. The van der Waals surface area contributed by atoms with E-state index in [1.165, 1.54) is 18.7 Å². The predicted octanol–water partition coefficient (Wildman–Crippen LogP) is 2.54. The van der Waals surface area contributed by atoms with Gasteiger partial charge in [-0.3, -0.25) is 13.9 Å². The summed E-state index contributed by atoms with van der Waals surface area (Å²) in [5.74, 6) is 0.353. The van der Waals surface area contributed by atoms with Crippen LogP contribution in [0.5, 0.6) is 11.5 Å². The minimum absolute atomic E-state index is 0.0264. The van der Waals surface area contributed by atoms with Gasteiger partial charge in [-0.05, 0) is 23.3 Å². The van der Waals surface area contributed by atoms with E-state index in [0.717, 1.165) is 27.1 Å². The number of benzene rings is 2. The fourth-order valence-corrected chi connectivity index (χ4v) is 4.59. The van der Waals surface area contributed by atoms with Gasteiger partial charge in [-0.25, -0.2) is 4.79 Å². The molecule has 0 spiro atoms. The summed E-state index contributed by atoms with van der Waals surface area (Å²) in [6.07, 6.45) is -0.545. The molecule has 2 aromatic carbocycles. The van der Waals surface area contributed by atoms with Crippen molar-refractivity contribution in [1.29, 1.82) is 0 Å². The zero-order chi connectivity index (χ0) is 22.6. The molecule has 8 heteroatoms. The number of hydrogen-bond acceptors (Lipinski definition) is 5. The summed E-state index contributed by atoms with van der Waals surface area (Å²) in [4.78, 5) is 26.2. The Labute approximate surface area is 183 Å². The normalized spacial score (nSPS) is 15.7. The van der Waals surface area contributed by atoms with E-state index in [1.54, 1.807) is 25.2 Å². The number of hydrogen-bond donors (Lipinski definition) is 1. The van der Waals surface area contributed by atoms with Crippen molar-refractivity contribution in [3.05, 3.63) is 80.6 Å². The quantitative estimate of drug-likeness (QED) is 0.537. The lowest BCUT2D eigenvalue weighted by Crippen LogP contribution is -2.37. The Hall–Kier alpha value is -3.78. The first-order valence-corrected chi connectivity index (χ1v) is 10.3. The highest BCUT2D eigenvalue weighted by Gasteiger charge is 2.33. The van der Waals surface area contributed by atoms with E-state index in [4.69, 9.17) is 9.47 Å². The number of aryl methyl sites for hydroxylation is 1. The molecule has 0 fully saturated rings. The number of phenolic OH excluding ortho intramolecular Hbond substituents is 1. The van der Waals surface area contributed by atoms with Gasteiger partial charge in [-0.15, -0.1) is 0 Å². The Kier molecular flexibility index (Phi) is 4.67. The Morgan fingerprint density at radius 1 is 1.06 bits per heavy atom. The first-order chi connectivity index (χ1) is 15.4. The lowest BCUT2D eigenvalue weighted by atomic mass is 10.0. The van der Waals surface area contributed by atoms with Crippen LogP contribution in [0, 0.1) is 0 Å². The van der Waals surface area contributed by atoms with Gasteiger partial charge in [0, 0.05) is 20.6 Å². The van der Waals surface area contributed by atoms with E-state index in [-0.39, 0.29) is 11.3 Å². The first kappa shape index (κ1) is 20.1. The van der Waals surface area contributed by atoms with Gasteiger partial charge in [0.05, 0.1) is 36.0 Å². The number of fused-ring (bicyclic) bond motifs is 3. The molecule has 1 aliphatic heterocycles. The third kappa shape index (κ3) is 2.80. The van der Waals surface area contributed by atoms with Crippen LogP contribution in [0.3, 0.4) is 0 Å². The van der Waals surface area contributed by atoms with Crippen LogP contribution < -0.4 is 16.0 Å². The summed E-state index contributed by atoms with van der Waals surface area (Å²) in [6.45, 7) is 0.966. The third-order valence-corrected chi connectivity index (χ3v) is 6.11. The highest BCUT2D eigenvalue weighted by atomic mass is 16.5. The topological polar surface area (TPSA) is 87.6 Å². The van der Waals surface area contributed by atoms with Crippen molar-refractivity contribution in [2.45, 2.75) is 12.6 Å². The fraction of sp³-hybridized carbons (Fsp3) is 0.250. The Balaban J connectivity index is 1.91. The molecule has 5 rings (SSSR count). The van der Waals surface area contributed by atoms with E-state index in [9.17, 15) is 14.7 Å². The summed E-state index contributed by atoms with van der Waals surface area (Å²) in [5.41, 5.74) is 2.96. The van der Waals surface area contributed by atoms with Gasteiger partial charge in [0.2, 0.25) is 0 Å². The van der Waals surface area contributed by atoms with Crippen LogP contribution in [-0.4, -0.2) is 32.5 Å². The lowest BCUT2D eigenvalue weighted by molar-refractivity contribution is 0.0477. The van der Waals surface area contributed by atoms with Crippen LogP contribution in [0.1, 0.15) is 17.4 Å². The van der Waals surface area contributed by atoms with Crippen LogP contribution in [-0.2, 0) is 25.4 Å². The maximum Gasteiger partial charge on any atom is 0.331 e. The van der Waals surface area contributed by atoms with Gasteiger partial charge in [0.25, 0.3) is 5.56 Å². The molecule has 2 aromatic heterocycles. The molecule has 0 saturated carbocycles. The molecule has 3 heterocycles. The summed E-state index contributed by atoms with van der Waals surface area (Å²) >= 11 is 0. The van der Waals surface area contributed by atoms with Crippen molar-refractivity contribution in [2.24, 2.45) is 14.1 Å². The van der Waals surface area contributed by atoms with Crippen molar-refractivity contribution in [2.75, 3.05) is 13.7 Å². The zero-order valence-corrected chi connectivity index (χ0v) is 18.0. The van der Waals surface area contributed by atoms with E-state index >= 15 is 0 Å². The Bertz CT molecular complexity index is 1460. The monoisotopic (exact) mass is 433 g/mol. The molecule has 1 unspecified atom stereocenters. The van der Waals surface area contributed by atoms with Crippen molar-refractivity contribution in [3.8, 4) is 22.8 Å². The maximum atomic E-state index is 13.3. The molecular weight excluding hydrogens is 410 g/mol. The van der Waals surface area contributed by atoms with Gasteiger partial charge >= 0.3 is 5.69 Å². The van der Waals surface area contributed by atoms with Gasteiger partial charge in [0.15, 0.2) is 11.5 Å². The minimum atomic E-state index is -0.545. The number of aromatic hydroxyl groups is 1. The van der Waals surface area contributed by atoms with Crippen molar-refractivity contribution < 1.29 is 14.6 Å². The molecule has 164 valence electrons. The number of methoxy groups -OCH3 is 1. The van der Waals surface area contributed by atoms with Gasteiger partial charge in [0.1, 0.15) is 6.10 Å². The minimum Gasteiger partial charge on any atom is -0.504 e. The average Bonchev–Trinajstić information content (AvgIpc) is 3.18. The second kappa shape index (κ2) is 7.42. The van der Waals surface area contributed by atoms with Gasteiger partial charge < -0.3 is 19.1 Å². The number of ether oxygens (including phenoxy) is 2. The van der Waals surface area contributed by atoms with Crippen molar-refractivity contribution >= 4 is 10.9 Å². The smallest absolute Gasteiger partial charge is 0.331 e. The Morgan fingerprint density at radius 2 is 1.81 bits per heavy atom. The van der Waals surface area contributed by atoms with E-state index < -0.39 is 11.8 Å². The van der Waals surface area contributed by atoms with Crippen molar-refractivity contribution in [3.63, 3.8) is 0 Å². The summed E-state index contributed by atoms with van der Waals surface area (Å²) in [7, 11) is 4.65. The molecule has 0 amide bonds. The van der Waals surface area contributed by atoms with Crippen LogP contribution in [0.2, 0.25) is 0 Å². The second-order valence-corrected chi connectivity index (χ2v) is 7.86. The van der Waals surface area contributed by atoms with E-state index in [2.05, 4.69) is 4.57 Å². The summed E-state index contributed by atoms with van der Waals surface area (Å²) in [6, 6.07) is 14.7. The van der Waals surface area contributed by atoms with Crippen LogP contribution in [0.25, 0.3) is 22.2 Å². The predicted molar refractivity (Wildman–Crippen MR) is 120 cm³/mol. The van der Waals surface area contributed by atoms with Crippen LogP contribution in [0.15, 0.2) is 58.1 Å². The molecule has 4 aromatic rings. The zero-order valence-electron chi connectivity index (χ0n) is 18.0. The van der Waals surface area contributed by atoms with Crippen LogP contribution >= 0.6 is 0 Å². The molecule has 1 aliphatic rings. The van der Waals surface area contributed by atoms with Gasteiger partial charge in [-0.2, -0.15) is 0 Å². The van der Waals surface area contributed by atoms with Crippen LogP contribution in [0.4, 0.5) is 0 Å². The highest BCUT2D eigenvalue weighted by Crippen LogP contribution is 2.42. The van der Waals surface area contributed by atoms with Gasteiger partial charge in [-0.1, -0.05) is 36.4 Å². The largest absolute Gasteiger partial charge is 0.504 e. The SMILES string of the molecule is COc1cc(C2OCCn3c(-c4ccccc4)c4c(=O)n(C)c(=O)n(C)c4c32)ccc1O. The molecule has 0 radical (unpaired) electrons. The number of phenols is 1. The molecule has 0 bridgehead atoms. The van der Waals surface area contributed by atoms with E-state index in [0.29, 0.717) is 29.8 Å². The number of nitrogens with zero attached hydrogens (tertiary/aromatic N) is 3. The average molecular weight is 433 g/mol. The van der Waals surface area contributed by atoms with Crippen molar-refractivity contribution in [1.82, 2.24) is 13.7 Å². The van der Waals surface area contributed by atoms with E-state index in [1.807, 2.05) is 30.3 Å². The first-order valence-electron chi connectivity index (χ1n) is 10.3. The molecule has 32 heavy (non-hydrogen) atoms. The summed E-state index contributed by atoms with van der Waals surface area (Å²) < 4.78 is 16.2. The highest BCUT2D eigenvalue weighted by molar-refractivity contribution is 5.96. The second-order valence-electron chi connectivity index (χ2n) is 7.86. The number of aromatic nitrogens is 3. The molecule has 0 aliphatic carbocycles. The Morgan fingerprint density at radius 3 is 2.53 bits per heavy atom. The molecule has 1 atom stereocenters. The standard InChI is InChI=1S/C24H23N3O5/c1-25-20-18(23(29)26(2)24(25)30)19(14-7-5-4-6-8-14)27-11-12-32-22(21(20)27)15-9-10-16(28)17(13-15)31-3/h4-10,13,22,28H,11-12H2,1-3H3. The third-order valence-electron chi connectivity index (χ3n) is 6.11. The molecule has 8 nitrogen and oxygen atoms in total.